The molecule has 0 spiro atoms. The third-order valence-corrected chi connectivity index (χ3v) is 0.904. The number of nitrogens with zero attached hydrogens (tertiary/aromatic N) is 1. The second-order valence-corrected chi connectivity index (χ2v) is 1.57. The van der Waals surface area contributed by atoms with Crippen LogP contribution in [-0.4, -0.2) is 16.3 Å². The minimum absolute atomic E-state index is 0.0950. The minimum atomic E-state index is -0.324. The molecule has 0 aliphatic rings. The van der Waals surface area contributed by atoms with Crippen LogP contribution in [0.25, 0.3) is 0 Å². The lowest BCUT2D eigenvalue weighted by atomic mass is 10.8. The molecule has 4 nitrogen and oxygen atoms in total. The average molecular weight is 138 g/mol. The van der Waals surface area contributed by atoms with E-state index in [1.165, 1.54) is 12.4 Å². The van der Waals surface area contributed by atoms with Crippen LogP contribution in [0.1, 0.15) is 0 Å². The Kier molecular flexibility index (Phi) is 1.80. The zero-order valence-corrected chi connectivity index (χ0v) is 5.20. The van der Waals surface area contributed by atoms with Crippen LogP contribution in [0.4, 0.5) is 0 Å². The monoisotopic (exact) mass is 138 g/mol. The zero-order chi connectivity index (χ0) is 7.40. The Labute approximate surface area is 57.4 Å². The smallest absolute Gasteiger partial charge is 0.358 e. The number of aromatic amines is 1. The number of hydrogen-bond acceptors (Lipinski definition) is 2. The average Bonchev–Trinajstić information content (AvgIpc) is 2.31. The molecule has 1 rings (SSSR count). The lowest BCUT2D eigenvalue weighted by molar-refractivity contribution is 0.131. The van der Waals surface area contributed by atoms with E-state index >= 15 is 0 Å². The minimum Gasteiger partial charge on any atom is -0.397 e. The number of aromatic nitrogens is 2. The van der Waals surface area contributed by atoms with Crippen LogP contribution >= 0.6 is 0 Å². The van der Waals surface area contributed by atoms with E-state index in [1.54, 1.807) is 0 Å². The molecule has 0 aliphatic heterocycles. The summed E-state index contributed by atoms with van der Waals surface area (Å²) in [5.74, 6) is 2.24. The van der Waals surface area contributed by atoms with Crippen LogP contribution in [0.15, 0.2) is 17.2 Å². The van der Waals surface area contributed by atoms with Gasteiger partial charge in [-0.3, -0.25) is 0 Å². The molecule has 1 N–H and O–H groups in total. The summed E-state index contributed by atoms with van der Waals surface area (Å²) in [6.45, 7) is 0.0950. The molecule has 4 heteroatoms. The fourth-order valence-corrected chi connectivity index (χ4v) is 0.516. The van der Waals surface area contributed by atoms with E-state index in [0.29, 0.717) is 0 Å². The van der Waals surface area contributed by atoms with Crippen molar-refractivity contribution in [1.82, 2.24) is 9.71 Å². The Bertz CT molecular complexity index is 291. The number of imidazole rings is 1. The molecule has 0 atom stereocenters. The van der Waals surface area contributed by atoms with E-state index in [2.05, 4.69) is 10.9 Å². The molecule has 1 heterocycles. The Morgan fingerprint density at radius 1 is 1.90 bits per heavy atom. The Balaban J connectivity index is 2.68. The number of H-pyrrole nitrogens is 1. The SMILES string of the molecule is C#CCOn1cc[nH]c1=O. The third-order valence-electron chi connectivity index (χ3n) is 0.904. The first kappa shape index (κ1) is 6.49. The number of hydrogen-bond donors (Lipinski definition) is 1. The number of rotatable bonds is 2. The van der Waals surface area contributed by atoms with E-state index < -0.39 is 0 Å². The lowest BCUT2D eigenvalue weighted by Gasteiger charge is -1.96. The van der Waals surface area contributed by atoms with Crippen molar-refractivity contribution in [3.63, 3.8) is 0 Å². The summed E-state index contributed by atoms with van der Waals surface area (Å²) in [4.78, 5) is 17.8. The lowest BCUT2D eigenvalue weighted by Crippen LogP contribution is -2.23. The van der Waals surface area contributed by atoms with Crippen molar-refractivity contribution >= 4 is 0 Å². The van der Waals surface area contributed by atoms with Gasteiger partial charge in [0.2, 0.25) is 0 Å². The molecule has 0 amide bonds. The van der Waals surface area contributed by atoms with Gasteiger partial charge in [0.05, 0.1) is 6.20 Å². The fourth-order valence-electron chi connectivity index (χ4n) is 0.516. The number of terminal acetylenes is 1. The van der Waals surface area contributed by atoms with E-state index in [1.807, 2.05) is 0 Å². The summed E-state index contributed by atoms with van der Waals surface area (Å²) < 4.78 is 1.04. The van der Waals surface area contributed by atoms with Gasteiger partial charge < -0.3 is 9.82 Å². The van der Waals surface area contributed by atoms with E-state index in [4.69, 9.17) is 11.3 Å². The van der Waals surface area contributed by atoms with Crippen LogP contribution in [0.5, 0.6) is 0 Å². The molecule has 10 heavy (non-hydrogen) atoms. The largest absolute Gasteiger partial charge is 0.397 e. The molecule has 0 saturated carbocycles. The highest BCUT2D eigenvalue weighted by Crippen LogP contribution is 1.70. The van der Waals surface area contributed by atoms with Gasteiger partial charge in [0.25, 0.3) is 0 Å². The van der Waals surface area contributed by atoms with Gasteiger partial charge in [-0.05, 0) is 0 Å². The van der Waals surface area contributed by atoms with Crippen molar-refractivity contribution in [2.75, 3.05) is 6.61 Å². The maximum atomic E-state index is 10.6. The Morgan fingerprint density at radius 2 is 2.70 bits per heavy atom. The van der Waals surface area contributed by atoms with Crippen LogP contribution in [0, 0.1) is 12.3 Å². The first-order valence-electron chi connectivity index (χ1n) is 2.67. The Morgan fingerprint density at radius 3 is 3.20 bits per heavy atom. The van der Waals surface area contributed by atoms with Gasteiger partial charge >= 0.3 is 5.69 Å². The van der Waals surface area contributed by atoms with Crippen molar-refractivity contribution in [2.45, 2.75) is 0 Å². The second kappa shape index (κ2) is 2.78. The van der Waals surface area contributed by atoms with Crippen LogP contribution in [0.3, 0.4) is 0 Å². The summed E-state index contributed by atoms with van der Waals surface area (Å²) in [6.07, 6.45) is 7.82. The topological polar surface area (TPSA) is 47.0 Å². The zero-order valence-electron chi connectivity index (χ0n) is 5.20. The highest BCUT2D eigenvalue weighted by Gasteiger charge is 1.91. The molecule has 1 aromatic rings. The second-order valence-electron chi connectivity index (χ2n) is 1.57. The molecule has 52 valence electrons. The number of nitrogens with one attached hydrogen (secondary N) is 1. The molecular weight excluding hydrogens is 132 g/mol. The van der Waals surface area contributed by atoms with Gasteiger partial charge in [0.1, 0.15) is 0 Å². The first-order chi connectivity index (χ1) is 4.84. The highest BCUT2D eigenvalue weighted by atomic mass is 16.7. The summed E-state index contributed by atoms with van der Waals surface area (Å²) >= 11 is 0. The predicted octanol–water partition coefficient (Wildman–Crippen LogP) is -0.762. The maximum absolute atomic E-state index is 10.6. The third kappa shape index (κ3) is 1.20. The van der Waals surface area contributed by atoms with Gasteiger partial charge in [-0.1, -0.05) is 5.92 Å². The van der Waals surface area contributed by atoms with Crippen molar-refractivity contribution in [1.29, 1.82) is 0 Å². The summed E-state index contributed by atoms with van der Waals surface area (Å²) in [5.41, 5.74) is -0.324. The predicted molar refractivity (Wildman–Crippen MR) is 35.3 cm³/mol. The maximum Gasteiger partial charge on any atom is 0.358 e. The summed E-state index contributed by atoms with van der Waals surface area (Å²) in [6, 6.07) is 0. The van der Waals surface area contributed by atoms with Gasteiger partial charge in [0.15, 0.2) is 6.61 Å². The van der Waals surface area contributed by atoms with Crippen LogP contribution in [-0.2, 0) is 0 Å². The molecule has 0 bridgehead atoms. The molecule has 0 aliphatic carbocycles. The quantitative estimate of drug-likeness (QED) is 0.546. The molecule has 1 aromatic heterocycles. The Hall–Kier alpha value is -1.63. The van der Waals surface area contributed by atoms with Gasteiger partial charge in [0, 0.05) is 6.20 Å². The van der Waals surface area contributed by atoms with Gasteiger partial charge in [-0.25, -0.2) is 4.79 Å². The molecule has 0 unspecified atom stereocenters. The summed E-state index contributed by atoms with van der Waals surface area (Å²) in [5, 5.41) is 0. The van der Waals surface area contributed by atoms with E-state index in [0.717, 1.165) is 4.73 Å². The molecule has 0 fully saturated rings. The summed E-state index contributed by atoms with van der Waals surface area (Å²) in [7, 11) is 0. The first-order valence-corrected chi connectivity index (χ1v) is 2.67. The van der Waals surface area contributed by atoms with E-state index in [9.17, 15) is 4.79 Å². The normalized spacial score (nSPS) is 8.70. The molecule has 0 radical (unpaired) electrons. The molecule has 0 saturated heterocycles. The van der Waals surface area contributed by atoms with Gasteiger partial charge in [-0.2, -0.15) is 0 Å². The highest BCUT2D eigenvalue weighted by molar-refractivity contribution is 4.83. The molecular formula is C6H6N2O2. The van der Waals surface area contributed by atoms with E-state index in [-0.39, 0.29) is 12.3 Å². The standard InChI is InChI=1S/C6H6N2O2/c1-2-5-10-8-4-3-7-6(8)9/h1,3-4H,5H2,(H,7,9). The van der Waals surface area contributed by atoms with Crippen molar-refractivity contribution < 1.29 is 4.84 Å². The fraction of sp³-hybridized carbons (Fsp3) is 0.167. The van der Waals surface area contributed by atoms with Gasteiger partial charge in [-0.15, -0.1) is 11.2 Å². The van der Waals surface area contributed by atoms with Crippen LogP contribution in [0.2, 0.25) is 0 Å². The van der Waals surface area contributed by atoms with Crippen molar-refractivity contribution in [2.24, 2.45) is 0 Å². The van der Waals surface area contributed by atoms with Crippen molar-refractivity contribution in [3.05, 3.63) is 22.9 Å². The van der Waals surface area contributed by atoms with Crippen LogP contribution < -0.4 is 10.5 Å². The van der Waals surface area contributed by atoms with Crippen molar-refractivity contribution in [3.8, 4) is 12.3 Å². The molecule has 0 aromatic carbocycles.